The fraction of sp³-hybridized carbons (Fsp3) is 1.00. The smallest absolute Gasteiger partial charge is 0.00461 e. The molecule has 1 heteroatoms. The Bertz CT molecular complexity index is 116. The first-order valence-corrected chi connectivity index (χ1v) is 6.23. The van der Waals surface area contributed by atoms with E-state index in [2.05, 4.69) is 39.9 Å². The Balaban J connectivity index is 0.000000364. The van der Waals surface area contributed by atoms with Crippen LogP contribution in [0.5, 0.6) is 0 Å². The summed E-state index contributed by atoms with van der Waals surface area (Å²) in [5.74, 6) is 0.939. The van der Waals surface area contributed by atoms with Crippen LogP contribution in [0.15, 0.2) is 0 Å². The van der Waals surface area contributed by atoms with Gasteiger partial charge in [0.25, 0.3) is 0 Å². The Hall–Kier alpha value is -0.0400. The number of hydrogen-bond donors (Lipinski definition) is 1. The largest absolute Gasteiger partial charge is 0.317 e. The molecular weight excluding hydrogens is 170 g/mol. The molecule has 0 atom stereocenters. The van der Waals surface area contributed by atoms with E-state index in [-0.39, 0.29) is 0 Å². The van der Waals surface area contributed by atoms with Crippen LogP contribution in [-0.2, 0) is 0 Å². The normalized spacial score (nSPS) is 18.6. The first-order valence-electron chi connectivity index (χ1n) is 6.23. The first-order chi connectivity index (χ1) is 6.52. The third-order valence-electron chi connectivity index (χ3n) is 3.06. The molecule has 0 aromatic heterocycles. The van der Waals surface area contributed by atoms with E-state index in [9.17, 15) is 0 Å². The van der Waals surface area contributed by atoms with E-state index in [4.69, 9.17) is 0 Å². The van der Waals surface area contributed by atoms with E-state index in [0.717, 1.165) is 5.92 Å². The van der Waals surface area contributed by atoms with Crippen LogP contribution < -0.4 is 5.32 Å². The molecule has 0 aliphatic carbocycles. The lowest BCUT2D eigenvalue weighted by Gasteiger charge is -2.34. The van der Waals surface area contributed by atoms with Gasteiger partial charge in [0.15, 0.2) is 0 Å². The molecule has 0 aromatic carbocycles. The predicted molar refractivity (Wildman–Crippen MR) is 65.6 cm³/mol. The number of piperidine rings is 1. The molecule has 86 valence electrons. The van der Waals surface area contributed by atoms with E-state index >= 15 is 0 Å². The molecule has 1 fully saturated rings. The van der Waals surface area contributed by atoms with Crippen molar-refractivity contribution in [1.29, 1.82) is 0 Å². The van der Waals surface area contributed by atoms with Gasteiger partial charge in [0.05, 0.1) is 0 Å². The topological polar surface area (TPSA) is 12.0 Å². The van der Waals surface area contributed by atoms with Crippen molar-refractivity contribution in [2.24, 2.45) is 11.3 Å². The number of hydrogen-bond acceptors (Lipinski definition) is 1. The summed E-state index contributed by atoms with van der Waals surface area (Å²) in [5.41, 5.74) is 0.530. The second kappa shape index (κ2) is 7.28. The number of rotatable bonds is 1. The lowest BCUT2D eigenvalue weighted by Crippen LogP contribution is -2.34. The van der Waals surface area contributed by atoms with Gasteiger partial charge in [-0.25, -0.2) is 0 Å². The summed E-state index contributed by atoms with van der Waals surface area (Å²) in [4.78, 5) is 0. The lowest BCUT2D eigenvalue weighted by atomic mass is 9.76. The summed E-state index contributed by atoms with van der Waals surface area (Å²) < 4.78 is 0. The van der Waals surface area contributed by atoms with Gasteiger partial charge in [0, 0.05) is 0 Å². The van der Waals surface area contributed by atoms with Crippen LogP contribution in [0.1, 0.15) is 60.3 Å². The summed E-state index contributed by atoms with van der Waals surface area (Å²) in [6.07, 6.45) is 5.37. The maximum absolute atomic E-state index is 3.39. The zero-order chi connectivity index (χ0) is 11.0. The van der Waals surface area contributed by atoms with Gasteiger partial charge < -0.3 is 5.32 Å². The van der Waals surface area contributed by atoms with Crippen molar-refractivity contribution in [1.82, 2.24) is 5.32 Å². The lowest BCUT2D eigenvalue weighted by molar-refractivity contribution is 0.188. The Morgan fingerprint density at radius 2 is 1.43 bits per heavy atom. The Labute approximate surface area is 90.7 Å². The van der Waals surface area contributed by atoms with Crippen molar-refractivity contribution in [3.8, 4) is 0 Å². The SMILES string of the molecule is CC(C)(C)C1CCNCC1.CCCC. The maximum atomic E-state index is 3.39. The molecule has 1 aliphatic rings. The average molecular weight is 199 g/mol. The number of unbranched alkanes of at least 4 members (excludes halogenated alkanes) is 1. The Morgan fingerprint density at radius 3 is 1.64 bits per heavy atom. The highest BCUT2D eigenvalue weighted by Crippen LogP contribution is 2.32. The van der Waals surface area contributed by atoms with E-state index in [1.165, 1.54) is 38.8 Å². The minimum atomic E-state index is 0.530. The molecular formula is C13H29N. The van der Waals surface area contributed by atoms with E-state index < -0.39 is 0 Å². The zero-order valence-corrected chi connectivity index (χ0v) is 10.8. The summed E-state index contributed by atoms with van der Waals surface area (Å²) >= 11 is 0. The molecule has 1 N–H and O–H groups in total. The van der Waals surface area contributed by atoms with Crippen LogP contribution in [0.2, 0.25) is 0 Å². The van der Waals surface area contributed by atoms with Crippen LogP contribution in [0.25, 0.3) is 0 Å². The van der Waals surface area contributed by atoms with Crippen LogP contribution >= 0.6 is 0 Å². The highest BCUT2D eigenvalue weighted by molar-refractivity contribution is 4.78. The Kier molecular flexibility index (Phi) is 7.26. The van der Waals surface area contributed by atoms with Crippen LogP contribution in [0.3, 0.4) is 0 Å². The molecule has 0 spiro atoms. The molecule has 1 nitrogen and oxygen atoms in total. The third kappa shape index (κ3) is 6.42. The van der Waals surface area contributed by atoms with Gasteiger partial charge in [-0.1, -0.05) is 47.5 Å². The van der Waals surface area contributed by atoms with Crippen molar-refractivity contribution in [2.75, 3.05) is 13.1 Å². The fourth-order valence-corrected chi connectivity index (χ4v) is 1.69. The molecule has 1 aliphatic heterocycles. The summed E-state index contributed by atoms with van der Waals surface area (Å²) in [6.45, 7) is 13.9. The van der Waals surface area contributed by atoms with Gasteiger partial charge in [0.2, 0.25) is 0 Å². The van der Waals surface area contributed by atoms with E-state index in [1.807, 2.05) is 0 Å². The van der Waals surface area contributed by atoms with E-state index in [0.29, 0.717) is 5.41 Å². The van der Waals surface area contributed by atoms with Crippen LogP contribution in [0, 0.1) is 11.3 Å². The summed E-state index contributed by atoms with van der Waals surface area (Å²) in [7, 11) is 0. The van der Waals surface area contributed by atoms with E-state index in [1.54, 1.807) is 0 Å². The van der Waals surface area contributed by atoms with Crippen LogP contribution in [-0.4, -0.2) is 13.1 Å². The van der Waals surface area contributed by atoms with Crippen molar-refractivity contribution in [3.05, 3.63) is 0 Å². The molecule has 0 aromatic rings. The molecule has 1 heterocycles. The predicted octanol–water partition coefficient (Wildman–Crippen LogP) is 3.84. The molecule has 1 saturated heterocycles. The average Bonchev–Trinajstić information content (AvgIpc) is 2.18. The van der Waals surface area contributed by atoms with Gasteiger partial charge in [-0.05, 0) is 37.3 Å². The Morgan fingerprint density at radius 1 is 1.00 bits per heavy atom. The maximum Gasteiger partial charge on any atom is -0.00461 e. The third-order valence-corrected chi connectivity index (χ3v) is 3.06. The standard InChI is InChI=1S/C9H19N.C4H10/c1-9(2,3)8-4-6-10-7-5-8;1-3-4-2/h8,10H,4-7H2,1-3H3;3-4H2,1-2H3. The minimum absolute atomic E-state index is 0.530. The van der Waals surface area contributed by atoms with Crippen LogP contribution in [0.4, 0.5) is 0 Å². The monoisotopic (exact) mass is 199 g/mol. The molecule has 0 amide bonds. The van der Waals surface area contributed by atoms with Crippen molar-refractivity contribution < 1.29 is 0 Å². The van der Waals surface area contributed by atoms with Gasteiger partial charge >= 0.3 is 0 Å². The van der Waals surface area contributed by atoms with Crippen molar-refractivity contribution in [3.63, 3.8) is 0 Å². The quantitative estimate of drug-likeness (QED) is 0.676. The summed E-state index contributed by atoms with van der Waals surface area (Å²) in [5, 5.41) is 3.39. The first kappa shape index (κ1) is 14.0. The zero-order valence-electron chi connectivity index (χ0n) is 10.8. The molecule has 0 bridgehead atoms. The van der Waals surface area contributed by atoms with Gasteiger partial charge in [0.1, 0.15) is 0 Å². The highest BCUT2D eigenvalue weighted by Gasteiger charge is 2.25. The molecule has 0 radical (unpaired) electrons. The summed E-state index contributed by atoms with van der Waals surface area (Å²) in [6, 6.07) is 0. The van der Waals surface area contributed by atoms with Gasteiger partial charge in [-0.15, -0.1) is 0 Å². The molecule has 0 saturated carbocycles. The van der Waals surface area contributed by atoms with Gasteiger partial charge in [-0.3, -0.25) is 0 Å². The van der Waals surface area contributed by atoms with Crippen molar-refractivity contribution in [2.45, 2.75) is 60.3 Å². The highest BCUT2D eigenvalue weighted by atomic mass is 14.9. The minimum Gasteiger partial charge on any atom is -0.317 e. The fourth-order valence-electron chi connectivity index (χ4n) is 1.69. The number of nitrogens with one attached hydrogen (secondary N) is 1. The molecule has 0 unspecified atom stereocenters. The van der Waals surface area contributed by atoms with Gasteiger partial charge in [-0.2, -0.15) is 0 Å². The molecule has 14 heavy (non-hydrogen) atoms. The second-order valence-electron chi connectivity index (χ2n) is 5.39. The molecule has 1 rings (SSSR count). The van der Waals surface area contributed by atoms with Crippen molar-refractivity contribution >= 4 is 0 Å². The second-order valence-corrected chi connectivity index (χ2v) is 5.39.